The number of ether oxygens (including phenoxy) is 2. The smallest absolute Gasteiger partial charge is 0.290 e. The van der Waals surface area contributed by atoms with Gasteiger partial charge >= 0.3 is 0 Å². The molecule has 1 aromatic carbocycles. The van der Waals surface area contributed by atoms with Gasteiger partial charge in [0.2, 0.25) is 5.91 Å². The number of amides is 2. The van der Waals surface area contributed by atoms with Crippen LogP contribution in [0, 0.1) is 17.7 Å². The molecule has 0 spiro atoms. The van der Waals surface area contributed by atoms with Crippen molar-refractivity contribution in [1.29, 1.82) is 0 Å². The van der Waals surface area contributed by atoms with Crippen LogP contribution in [0.2, 0.25) is 0 Å². The highest BCUT2D eigenvalue weighted by molar-refractivity contribution is 5.95. The lowest BCUT2D eigenvalue weighted by Gasteiger charge is -2.40. The second-order valence-corrected chi connectivity index (χ2v) is 10.4. The fourth-order valence-electron chi connectivity index (χ4n) is 5.33. The SMILES string of the molecule is COCCCCn1c(C(=O)N(CC(C)C)[C@@H]2CNC[C@H](C(=O)N3CCOCC3)C2)nc2c(F)cccc21.Cl.Cl. The molecule has 0 radical (unpaired) electrons. The van der Waals surface area contributed by atoms with Crippen molar-refractivity contribution in [2.24, 2.45) is 11.8 Å². The average molecular weight is 591 g/mol. The standard InChI is InChI=1S/C27H40FN5O4.2ClH/c1-19(2)18-33(21-15-20(16-29-17-21)26(34)31-10-13-37-14-11-31)27(35)25-30-24-22(28)7-6-8-23(24)32(25)9-4-5-12-36-3;;/h6-8,19-21,29H,4-5,9-18H2,1-3H3;2*1H/t20-,21+;;/m1../s1. The molecule has 3 heterocycles. The van der Waals surface area contributed by atoms with Crippen LogP contribution in [0.1, 0.15) is 43.7 Å². The number of para-hydroxylation sites is 1. The number of methoxy groups -OCH3 is 1. The van der Waals surface area contributed by atoms with E-state index >= 15 is 0 Å². The van der Waals surface area contributed by atoms with Gasteiger partial charge in [-0.2, -0.15) is 0 Å². The number of benzene rings is 1. The third-order valence-corrected chi connectivity index (χ3v) is 7.16. The van der Waals surface area contributed by atoms with Crippen LogP contribution in [0.5, 0.6) is 0 Å². The highest BCUT2D eigenvalue weighted by Crippen LogP contribution is 2.25. The van der Waals surface area contributed by atoms with Gasteiger partial charge in [-0.15, -0.1) is 24.8 Å². The molecule has 4 rings (SSSR count). The van der Waals surface area contributed by atoms with E-state index in [-0.39, 0.29) is 65.8 Å². The Kier molecular flexibility index (Phi) is 13.4. The molecule has 39 heavy (non-hydrogen) atoms. The Morgan fingerprint density at radius 1 is 1.21 bits per heavy atom. The van der Waals surface area contributed by atoms with Crippen LogP contribution >= 0.6 is 24.8 Å². The highest BCUT2D eigenvalue weighted by Gasteiger charge is 2.37. The van der Waals surface area contributed by atoms with Gasteiger partial charge < -0.3 is 29.2 Å². The lowest BCUT2D eigenvalue weighted by Crippen LogP contribution is -2.56. The predicted molar refractivity (Wildman–Crippen MR) is 153 cm³/mol. The number of nitrogens with one attached hydrogen (secondary N) is 1. The second kappa shape index (κ2) is 15.7. The lowest BCUT2D eigenvalue weighted by molar-refractivity contribution is -0.140. The quantitative estimate of drug-likeness (QED) is 0.427. The van der Waals surface area contributed by atoms with Gasteiger partial charge in [0.25, 0.3) is 5.91 Å². The highest BCUT2D eigenvalue weighted by atomic mass is 35.5. The Labute approximate surface area is 242 Å². The van der Waals surface area contributed by atoms with Gasteiger partial charge in [0.05, 0.1) is 24.6 Å². The molecule has 2 aliphatic rings. The Morgan fingerprint density at radius 2 is 1.95 bits per heavy atom. The summed E-state index contributed by atoms with van der Waals surface area (Å²) >= 11 is 0. The molecule has 1 aromatic heterocycles. The molecule has 2 aromatic rings. The van der Waals surface area contributed by atoms with E-state index in [2.05, 4.69) is 24.1 Å². The first-order chi connectivity index (χ1) is 17.9. The number of piperidine rings is 1. The average Bonchev–Trinajstić information content (AvgIpc) is 3.29. The first-order valence-electron chi connectivity index (χ1n) is 13.4. The van der Waals surface area contributed by atoms with Crippen molar-refractivity contribution in [2.45, 2.75) is 45.7 Å². The maximum atomic E-state index is 14.7. The van der Waals surface area contributed by atoms with Crippen LogP contribution in [-0.2, 0) is 20.8 Å². The van der Waals surface area contributed by atoms with Crippen LogP contribution in [-0.4, -0.2) is 96.9 Å². The molecular weight excluding hydrogens is 548 g/mol. The summed E-state index contributed by atoms with van der Waals surface area (Å²) in [4.78, 5) is 35.6. The Balaban J connectivity index is 0.00000267. The number of carbonyl (C=O) groups excluding carboxylic acids is 2. The van der Waals surface area contributed by atoms with Crippen LogP contribution in [0.3, 0.4) is 0 Å². The molecule has 9 nitrogen and oxygen atoms in total. The van der Waals surface area contributed by atoms with Crippen molar-refractivity contribution in [3.63, 3.8) is 0 Å². The Bertz CT molecular complexity index is 1080. The van der Waals surface area contributed by atoms with Gasteiger partial charge in [0.15, 0.2) is 11.6 Å². The maximum Gasteiger partial charge on any atom is 0.290 e. The zero-order chi connectivity index (χ0) is 26.4. The van der Waals surface area contributed by atoms with Crippen LogP contribution < -0.4 is 5.32 Å². The number of nitrogens with zero attached hydrogens (tertiary/aromatic N) is 4. The molecule has 2 fully saturated rings. The molecule has 2 saturated heterocycles. The largest absolute Gasteiger partial charge is 0.385 e. The van der Waals surface area contributed by atoms with Gasteiger partial charge in [0.1, 0.15) is 5.52 Å². The number of hydrogen-bond donors (Lipinski definition) is 1. The summed E-state index contributed by atoms with van der Waals surface area (Å²) in [6.45, 7) is 9.36. The van der Waals surface area contributed by atoms with E-state index in [1.807, 2.05) is 20.4 Å². The number of fused-ring (bicyclic) bond motifs is 1. The van der Waals surface area contributed by atoms with Crippen LogP contribution in [0.15, 0.2) is 18.2 Å². The molecule has 1 N–H and O–H groups in total. The normalized spacial score (nSPS) is 19.5. The van der Waals surface area contributed by atoms with Crippen molar-refractivity contribution in [3.05, 3.63) is 29.8 Å². The third-order valence-electron chi connectivity index (χ3n) is 7.16. The second-order valence-electron chi connectivity index (χ2n) is 10.4. The number of morpholine rings is 1. The molecule has 2 amide bonds. The van der Waals surface area contributed by atoms with E-state index in [9.17, 15) is 14.0 Å². The van der Waals surface area contributed by atoms with Crippen molar-refractivity contribution < 1.29 is 23.5 Å². The van der Waals surface area contributed by atoms with E-state index in [1.54, 1.807) is 13.2 Å². The topological polar surface area (TPSA) is 88.9 Å². The first-order valence-corrected chi connectivity index (χ1v) is 13.4. The molecule has 0 bridgehead atoms. The summed E-state index contributed by atoms with van der Waals surface area (Å²) < 4.78 is 27.1. The number of aromatic nitrogens is 2. The molecule has 0 aliphatic carbocycles. The molecule has 0 saturated carbocycles. The number of carbonyl (C=O) groups is 2. The fraction of sp³-hybridized carbons (Fsp3) is 0.667. The number of aryl methyl sites for hydroxylation is 1. The summed E-state index contributed by atoms with van der Waals surface area (Å²) in [6.07, 6.45) is 2.19. The minimum Gasteiger partial charge on any atom is -0.385 e. The van der Waals surface area contributed by atoms with Crippen molar-refractivity contribution in [1.82, 2.24) is 24.7 Å². The van der Waals surface area contributed by atoms with Crippen molar-refractivity contribution in [3.8, 4) is 0 Å². The zero-order valence-electron chi connectivity index (χ0n) is 23.1. The minimum atomic E-state index is -0.437. The van der Waals surface area contributed by atoms with Gasteiger partial charge in [-0.3, -0.25) is 9.59 Å². The monoisotopic (exact) mass is 589 g/mol. The molecule has 220 valence electrons. The van der Waals surface area contributed by atoms with Gasteiger partial charge in [-0.25, -0.2) is 9.37 Å². The summed E-state index contributed by atoms with van der Waals surface area (Å²) in [5.41, 5.74) is 0.830. The van der Waals surface area contributed by atoms with E-state index in [0.717, 1.165) is 12.8 Å². The predicted octanol–water partition coefficient (Wildman–Crippen LogP) is 3.38. The molecule has 12 heteroatoms. The molecule has 0 unspecified atom stereocenters. The number of imidazole rings is 1. The van der Waals surface area contributed by atoms with Crippen LogP contribution in [0.4, 0.5) is 4.39 Å². The first kappa shape index (κ1) is 33.2. The Morgan fingerprint density at radius 3 is 2.64 bits per heavy atom. The summed E-state index contributed by atoms with van der Waals surface area (Å²) in [6, 6.07) is 4.67. The Hall–Kier alpha value is -1.98. The number of rotatable bonds is 10. The number of unbranched alkanes of at least 4 members (excludes halogenated alkanes) is 1. The van der Waals surface area contributed by atoms with Gasteiger partial charge in [0, 0.05) is 59.0 Å². The van der Waals surface area contributed by atoms with Crippen molar-refractivity contribution in [2.75, 3.05) is 59.7 Å². The van der Waals surface area contributed by atoms with Gasteiger partial charge in [-0.1, -0.05) is 19.9 Å². The van der Waals surface area contributed by atoms with Gasteiger partial charge in [-0.05, 0) is 37.3 Å². The molecule has 2 atom stereocenters. The maximum absolute atomic E-state index is 14.7. The summed E-state index contributed by atoms with van der Waals surface area (Å²) in [7, 11) is 1.66. The number of halogens is 3. The zero-order valence-corrected chi connectivity index (χ0v) is 24.7. The van der Waals surface area contributed by atoms with E-state index in [1.165, 1.54) is 6.07 Å². The summed E-state index contributed by atoms with van der Waals surface area (Å²) in [5, 5.41) is 3.39. The van der Waals surface area contributed by atoms with E-state index in [4.69, 9.17) is 9.47 Å². The summed E-state index contributed by atoms with van der Waals surface area (Å²) in [5.74, 6) is -0.278. The van der Waals surface area contributed by atoms with E-state index < -0.39 is 5.82 Å². The fourth-order valence-corrected chi connectivity index (χ4v) is 5.33. The molecular formula is C27H42Cl2FN5O4. The number of hydrogen-bond acceptors (Lipinski definition) is 6. The van der Waals surface area contributed by atoms with Crippen LogP contribution in [0.25, 0.3) is 11.0 Å². The van der Waals surface area contributed by atoms with E-state index in [0.29, 0.717) is 71.0 Å². The third kappa shape index (κ3) is 8.04. The lowest BCUT2D eigenvalue weighted by atomic mass is 9.92. The molecule has 2 aliphatic heterocycles. The van der Waals surface area contributed by atoms with Crippen molar-refractivity contribution >= 4 is 47.7 Å². The minimum absolute atomic E-state index is 0.